The lowest BCUT2D eigenvalue weighted by Crippen LogP contribution is -2.36. The van der Waals surface area contributed by atoms with E-state index in [2.05, 4.69) is 5.32 Å². The number of ether oxygens (including phenoxy) is 1. The fourth-order valence-electron chi connectivity index (χ4n) is 1.99. The highest BCUT2D eigenvalue weighted by atomic mass is 19.1. The van der Waals surface area contributed by atoms with Crippen molar-refractivity contribution in [3.8, 4) is 5.75 Å². The molecule has 1 aromatic carbocycles. The van der Waals surface area contributed by atoms with Crippen LogP contribution in [0.2, 0.25) is 0 Å². The molecule has 0 bridgehead atoms. The molecule has 6 heteroatoms. The topological polar surface area (TPSA) is 54.7 Å². The number of hydrogen-bond donors (Lipinski definition) is 1. The molecule has 0 saturated heterocycles. The van der Waals surface area contributed by atoms with Crippen molar-refractivity contribution in [2.75, 3.05) is 27.2 Å². The molecule has 0 spiro atoms. The van der Waals surface area contributed by atoms with Crippen LogP contribution < -0.4 is 10.1 Å². The summed E-state index contributed by atoms with van der Waals surface area (Å²) in [4.78, 5) is 13.8. The number of carbonyl (C=O) groups is 1. The maximum absolute atomic E-state index is 13.0. The lowest BCUT2D eigenvalue weighted by molar-refractivity contribution is -0.123. The van der Waals surface area contributed by atoms with Crippen LogP contribution in [0.15, 0.2) is 47.1 Å². The van der Waals surface area contributed by atoms with Crippen LogP contribution in [-0.4, -0.2) is 38.1 Å². The van der Waals surface area contributed by atoms with Gasteiger partial charge in [-0.15, -0.1) is 0 Å². The summed E-state index contributed by atoms with van der Waals surface area (Å²) in [6, 6.07) is 9.29. The molecule has 0 aliphatic carbocycles. The molecule has 1 unspecified atom stereocenters. The third kappa shape index (κ3) is 4.60. The van der Waals surface area contributed by atoms with E-state index in [4.69, 9.17) is 9.15 Å². The van der Waals surface area contributed by atoms with Crippen LogP contribution in [0, 0.1) is 5.82 Å². The highest BCUT2D eigenvalue weighted by Crippen LogP contribution is 2.17. The van der Waals surface area contributed by atoms with Gasteiger partial charge >= 0.3 is 0 Å². The zero-order valence-electron chi connectivity index (χ0n) is 12.6. The maximum Gasteiger partial charge on any atom is 0.258 e. The molecule has 5 nitrogen and oxygen atoms in total. The molecule has 22 heavy (non-hydrogen) atoms. The third-order valence-corrected chi connectivity index (χ3v) is 3.15. The van der Waals surface area contributed by atoms with Crippen LogP contribution >= 0.6 is 0 Å². The van der Waals surface area contributed by atoms with Gasteiger partial charge in [-0.1, -0.05) is 6.07 Å². The van der Waals surface area contributed by atoms with E-state index in [9.17, 15) is 9.18 Å². The van der Waals surface area contributed by atoms with Crippen LogP contribution in [0.5, 0.6) is 5.75 Å². The van der Waals surface area contributed by atoms with Crippen LogP contribution in [0.25, 0.3) is 0 Å². The van der Waals surface area contributed by atoms with Crippen LogP contribution in [-0.2, 0) is 4.79 Å². The lowest BCUT2D eigenvalue weighted by Gasteiger charge is -2.22. The lowest BCUT2D eigenvalue weighted by atomic mass is 10.2. The second-order valence-electron chi connectivity index (χ2n) is 5.04. The zero-order valence-corrected chi connectivity index (χ0v) is 12.6. The second-order valence-corrected chi connectivity index (χ2v) is 5.04. The van der Waals surface area contributed by atoms with Gasteiger partial charge in [-0.2, -0.15) is 0 Å². The van der Waals surface area contributed by atoms with E-state index in [1.54, 1.807) is 18.4 Å². The van der Waals surface area contributed by atoms with Crippen molar-refractivity contribution >= 4 is 5.91 Å². The molecule has 0 fully saturated rings. The van der Waals surface area contributed by atoms with Gasteiger partial charge in [0.15, 0.2) is 6.61 Å². The minimum Gasteiger partial charge on any atom is -0.484 e. The van der Waals surface area contributed by atoms with Gasteiger partial charge in [0, 0.05) is 12.6 Å². The molecule has 0 aliphatic rings. The predicted octanol–water partition coefficient (Wildman–Crippen LogP) is 2.22. The van der Waals surface area contributed by atoms with Gasteiger partial charge in [-0.3, -0.25) is 9.69 Å². The summed E-state index contributed by atoms with van der Waals surface area (Å²) in [6.07, 6.45) is 1.60. The Bertz CT molecular complexity index is 599. The Morgan fingerprint density at radius 3 is 2.82 bits per heavy atom. The van der Waals surface area contributed by atoms with Gasteiger partial charge in [0.2, 0.25) is 0 Å². The number of nitrogens with one attached hydrogen (secondary N) is 1. The Morgan fingerprint density at radius 2 is 2.18 bits per heavy atom. The van der Waals surface area contributed by atoms with E-state index < -0.39 is 5.82 Å². The Labute approximate surface area is 128 Å². The summed E-state index contributed by atoms with van der Waals surface area (Å²) in [5, 5.41) is 2.78. The Kier molecular flexibility index (Phi) is 5.55. The summed E-state index contributed by atoms with van der Waals surface area (Å²) in [5.41, 5.74) is 0. The highest BCUT2D eigenvalue weighted by Gasteiger charge is 2.17. The molecule has 1 N–H and O–H groups in total. The van der Waals surface area contributed by atoms with Crippen molar-refractivity contribution in [3.05, 3.63) is 54.2 Å². The minimum absolute atomic E-state index is 0.0619. The van der Waals surface area contributed by atoms with Gasteiger partial charge in [0.1, 0.15) is 17.3 Å². The standard InChI is InChI=1S/C16H19FN2O3/c1-19(2)14(15-7-4-8-21-15)10-18-16(20)11-22-13-6-3-5-12(17)9-13/h3-9,14H,10-11H2,1-2H3,(H,18,20). The average molecular weight is 306 g/mol. The van der Waals surface area contributed by atoms with Crippen molar-refractivity contribution < 1.29 is 18.3 Å². The largest absolute Gasteiger partial charge is 0.484 e. The van der Waals surface area contributed by atoms with Crippen LogP contribution in [0.4, 0.5) is 4.39 Å². The Morgan fingerprint density at radius 1 is 1.36 bits per heavy atom. The number of furan rings is 1. The van der Waals surface area contributed by atoms with E-state index in [1.165, 1.54) is 18.2 Å². The number of likely N-dealkylation sites (N-methyl/N-ethyl adjacent to an activating group) is 1. The van der Waals surface area contributed by atoms with Gasteiger partial charge < -0.3 is 14.5 Å². The summed E-state index contributed by atoms with van der Waals surface area (Å²) < 4.78 is 23.6. The first kappa shape index (κ1) is 16.0. The molecular weight excluding hydrogens is 287 g/mol. The monoisotopic (exact) mass is 306 g/mol. The molecule has 2 rings (SSSR count). The zero-order chi connectivity index (χ0) is 15.9. The molecule has 1 amide bonds. The fraction of sp³-hybridized carbons (Fsp3) is 0.312. The summed E-state index contributed by atoms with van der Waals surface area (Å²) in [5.74, 6) is 0.424. The molecule has 1 heterocycles. The predicted molar refractivity (Wildman–Crippen MR) is 80.0 cm³/mol. The minimum atomic E-state index is -0.400. The maximum atomic E-state index is 13.0. The molecule has 2 aromatic rings. The second kappa shape index (κ2) is 7.61. The summed E-state index contributed by atoms with van der Waals surface area (Å²) in [7, 11) is 3.81. The van der Waals surface area contributed by atoms with Crippen molar-refractivity contribution in [2.24, 2.45) is 0 Å². The van der Waals surface area contributed by atoms with E-state index in [-0.39, 0.29) is 18.6 Å². The average Bonchev–Trinajstić information content (AvgIpc) is 2.99. The molecule has 0 saturated carbocycles. The number of rotatable bonds is 7. The van der Waals surface area contributed by atoms with E-state index >= 15 is 0 Å². The SMILES string of the molecule is CN(C)C(CNC(=O)COc1cccc(F)c1)c1ccco1. The number of amides is 1. The summed E-state index contributed by atoms with van der Waals surface area (Å²) in [6.45, 7) is 0.230. The molecule has 0 radical (unpaired) electrons. The Hall–Kier alpha value is -2.34. The van der Waals surface area contributed by atoms with Gasteiger partial charge in [0.05, 0.1) is 12.3 Å². The van der Waals surface area contributed by atoms with E-state index in [0.29, 0.717) is 12.3 Å². The molecule has 118 valence electrons. The number of benzene rings is 1. The fourth-order valence-corrected chi connectivity index (χ4v) is 1.99. The molecular formula is C16H19FN2O3. The Balaban J connectivity index is 1.81. The first-order valence-corrected chi connectivity index (χ1v) is 6.91. The van der Waals surface area contributed by atoms with Crippen LogP contribution in [0.3, 0.4) is 0 Å². The number of nitrogens with zero attached hydrogens (tertiary/aromatic N) is 1. The van der Waals surface area contributed by atoms with Crippen molar-refractivity contribution in [1.29, 1.82) is 0 Å². The first-order valence-electron chi connectivity index (χ1n) is 6.91. The van der Waals surface area contributed by atoms with Crippen molar-refractivity contribution in [2.45, 2.75) is 6.04 Å². The number of halogens is 1. The number of carbonyl (C=O) groups excluding carboxylic acids is 1. The van der Waals surface area contributed by atoms with Crippen molar-refractivity contribution in [3.63, 3.8) is 0 Å². The smallest absolute Gasteiger partial charge is 0.258 e. The first-order chi connectivity index (χ1) is 10.6. The van der Waals surface area contributed by atoms with Gasteiger partial charge in [-0.05, 0) is 38.4 Å². The van der Waals surface area contributed by atoms with E-state index in [1.807, 2.05) is 25.1 Å². The molecule has 1 aromatic heterocycles. The number of hydrogen-bond acceptors (Lipinski definition) is 4. The summed E-state index contributed by atoms with van der Waals surface area (Å²) >= 11 is 0. The third-order valence-electron chi connectivity index (χ3n) is 3.15. The van der Waals surface area contributed by atoms with E-state index in [0.717, 1.165) is 5.76 Å². The van der Waals surface area contributed by atoms with Gasteiger partial charge in [-0.25, -0.2) is 4.39 Å². The van der Waals surface area contributed by atoms with Crippen molar-refractivity contribution in [1.82, 2.24) is 10.2 Å². The highest BCUT2D eigenvalue weighted by molar-refractivity contribution is 5.77. The quantitative estimate of drug-likeness (QED) is 0.852. The molecule has 1 atom stereocenters. The molecule has 0 aliphatic heterocycles. The van der Waals surface area contributed by atoms with Crippen LogP contribution in [0.1, 0.15) is 11.8 Å². The normalized spacial score (nSPS) is 12.2. The van der Waals surface area contributed by atoms with Gasteiger partial charge in [0.25, 0.3) is 5.91 Å².